The summed E-state index contributed by atoms with van der Waals surface area (Å²) in [6.07, 6.45) is 0. The van der Waals surface area contributed by atoms with E-state index in [9.17, 15) is 9.18 Å². The van der Waals surface area contributed by atoms with Crippen LogP contribution in [0.5, 0.6) is 0 Å². The molecule has 1 aromatic carbocycles. The largest absolute Gasteiger partial charge is 0.475 e. The third kappa shape index (κ3) is 2.16. The molecule has 2 aromatic rings. The second-order valence-electron chi connectivity index (χ2n) is 5.11. The Hall–Kier alpha value is -2.04. The van der Waals surface area contributed by atoms with E-state index in [1.54, 1.807) is 6.07 Å². The minimum atomic E-state index is -1.22. The van der Waals surface area contributed by atoms with E-state index >= 15 is 0 Å². The SMILES string of the molecule is CC(C)(C)c1nc(C(=O)O)nc2cc(F)ccc12. The molecule has 94 valence electrons. The number of carbonyl (C=O) groups is 1. The van der Waals surface area contributed by atoms with E-state index in [1.165, 1.54) is 12.1 Å². The van der Waals surface area contributed by atoms with Gasteiger partial charge >= 0.3 is 5.97 Å². The molecule has 1 N–H and O–H groups in total. The number of carboxylic acid groups (broad SMARTS) is 1. The first-order valence-electron chi connectivity index (χ1n) is 5.50. The minimum Gasteiger partial charge on any atom is -0.475 e. The van der Waals surface area contributed by atoms with Crippen molar-refractivity contribution >= 4 is 16.9 Å². The van der Waals surface area contributed by atoms with Crippen LogP contribution in [0, 0.1) is 5.82 Å². The highest BCUT2D eigenvalue weighted by atomic mass is 19.1. The number of halogens is 1. The van der Waals surface area contributed by atoms with E-state index in [-0.39, 0.29) is 11.2 Å². The third-order valence-corrected chi connectivity index (χ3v) is 2.56. The Labute approximate surface area is 103 Å². The number of aromatic carboxylic acids is 1. The number of aromatic nitrogens is 2. The highest BCUT2D eigenvalue weighted by molar-refractivity contribution is 5.89. The van der Waals surface area contributed by atoms with Crippen molar-refractivity contribution in [3.63, 3.8) is 0 Å². The zero-order valence-electron chi connectivity index (χ0n) is 10.4. The number of hydrogen-bond acceptors (Lipinski definition) is 3. The number of fused-ring (bicyclic) bond motifs is 1. The number of nitrogens with zero attached hydrogens (tertiary/aromatic N) is 2. The Morgan fingerprint density at radius 2 is 1.94 bits per heavy atom. The summed E-state index contributed by atoms with van der Waals surface area (Å²) in [6.45, 7) is 5.76. The molecule has 5 heteroatoms. The molecule has 18 heavy (non-hydrogen) atoms. The molecular formula is C13H13FN2O2. The summed E-state index contributed by atoms with van der Waals surface area (Å²) in [7, 11) is 0. The quantitative estimate of drug-likeness (QED) is 0.842. The van der Waals surface area contributed by atoms with Gasteiger partial charge in [0, 0.05) is 16.9 Å². The Balaban J connectivity index is 2.85. The number of carboxylic acids is 1. The van der Waals surface area contributed by atoms with Crippen LogP contribution < -0.4 is 0 Å². The van der Waals surface area contributed by atoms with Gasteiger partial charge in [-0.05, 0) is 12.1 Å². The summed E-state index contributed by atoms with van der Waals surface area (Å²) in [6, 6.07) is 4.12. The average molecular weight is 248 g/mol. The highest BCUT2D eigenvalue weighted by Gasteiger charge is 2.22. The van der Waals surface area contributed by atoms with E-state index < -0.39 is 11.8 Å². The summed E-state index contributed by atoms with van der Waals surface area (Å²) in [5, 5.41) is 9.66. The van der Waals surface area contributed by atoms with E-state index in [0.29, 0.717) is 16.6 Å². The van der Waals surface area contributed by atoms with Gasteiger partial charge in [0.1, 0.15) is 5.82 Å². The van der Waals surface area contributed by atoms with E-state index in [0.717, 1.165) is 0 Å². The van der Waals surface area contributed by atoms with Crippen LogP contribution in [-0.4, -0.2) is 21.0 Å². The van der Waals surface area contributed by atoms with Gasteiger partial charge < -0.3 is 5.11 Å². The van der Waals surface area contributed by atoms with E-state index in [1.807, 2.05) is 20.8 Å². The van der Waals surface area contributed by atoms with Crippen LogP contribution in [0.15, 0.2) is 18.2 Å². The molecule has 0 aliphatic carbocycles. The van der Waals surface area contributed by atoms with Crippen molar-refractivity contribution in [2.45, 2.75) is 26.2 Å². The van der Waals surface area contributed by atoms with Crippen molar-refractivity contribution in [2.24, 2.45) is 0 Å². The van der Waals surface area contributed by atoms with Crippen LogP contribution in [0.1, 0.15) is 37.1 Å². The van der Waals surface area contributed by atoms with Crippen molar-refractivity contribution < 1.29 is 14.3 Å². The first kappa shape index (κ1) is 12.4. The van der Waals surface area contributed by atoms with Crippen LogP contribution in [0.2, 0.25) is 0 Å². The fourth-order valence-corrected chi connectivity index (χ4v) is 1.77. The van der Waals surface area contributed by atoms with Gasteiger partial charge in [0.2, 0.25) is 5.82 Å². The van der Waals surface area contributed by atoms with Crippen LogP contribution >= 0.6 is 0 Å². The summed E-state index contributed by atoms with van der Waals surface area (Å²) >= 11 is 0. The predicted octanol–water partition coefficient (Wildman–Crippen LogP) is 2.76. The fraction of sp³-hybridized carbons (Fsp3) is 0.308. The van der Waals surface area contributed by atoms with Gasteiger partial charge in [0.25, 0.3) is 0 Å². The smallest absolute Gasteiger partial charge is 0.373 e. The molecule has 2 rings (SSSR count). The van der Waals surface area contributed by atoms with Gasteiger partial charge in [0.05, 0.1) is 11.2 Å². The summed E-state index contributed by atoms with van der Waals surface area (Å²) in [4.78, 5) is 18.9. The minimum absolute atomic E-state index is 0.307. The number of benzene rings is 1. The second-order valence-corrected chi connectivity index (χ2v) is 5.11. The second kappa shape index (κ2) is 4.01. The number of rotatable bonds is 1. The van der Waals surface area contributed by atoms with Crippen molar-refractivity contribution in [2.75, 3.05) is 0 Å². The van der Waals surface area contributed by atoms with Crippen molar-refractivity contribution in [1.82, 2.24) is 9.97 Å². The van der Waals surface area contributed by atoms with Crippen LogP contribution in [-0.2, 0) is 5.41 Å². The van der Waals surface area contributed by atoms with Crippen LogP contribution in [0.4, 0.5) is 4.39 Å². The molecule has 4 nitrogen and oxygen atoms in total. The summed E-state index contributed by atoms with van der Waals surface area (Å²) in [5.41, 5.74) is 0.570. The Morgan fingerprint density at radius 3 is 2.50 bits per heavy atom. The molecule has 1 aromatic heterocycles. The molecule has 0 saturated carbocycles. The number of hydrogen-bond donors (Lipinski definition) is 1. The molecule has 0 amide bonds. The molecule has 0 atom stereocenters. The Kier molecular flexibility index (Phi) is 2.77. The van der Waals surface area contributed by atoms with Gasteiger partial charge in [0.15, 0.2) is 0 Å². The average Bonchev–Trinajstić information content (AvgIpc) is 2.25. The van der Waals surface area contributed by atoms with Gasteiger partial charge in [-0.25, -0.2) is 19.2 Å². The molecule has 0 aliphatic heterocycles. The van der Waals surface area contributed by atoms with Crippen LogP contribution in [0.25, 0.3) is 10.9 Å². The molecular weight excluding hydrogens is 235 g/mol. The lowest BCUT2D eigenvalue weighted by Gasteiger charge is -2.20. The van der Waals surface area contributed by atoms with Gasteiger partial charge in [-0.2, -0.15) is 0 Å². The standard InChI is InChI=1S/C13H13FN2O2/c1-13(2,3)10-8-5-4-7(14)6-9(8)15-11(16-10)12(17)18/h4-6H,1-3H3,(H,17,18). The monoisotopic (exact) mass is 248 g/mol. The fourth-order valence-electron chi connectivity index (χ4n) is 1.77. The van der Waals surface area contributed by atoms with E-state index in [4.69, 9.17) is 5.11 Å². The zero-order valence-corrected chi connectivity index (χ0v) is 10.4. The molecule has 0 unspecified atom stereocenters. The van der Waals surface area contributed by atoms with Gasteiger partial charge in [-0.3, -0.25) is 0 Å². The lowest BCUT2D eigenvalue weighted by atomic mass is 9.89. The normalized spacial score (nSPS) is 11.8. The maximum absolute atomic E-state index is 13.2. The van der Waals surface area contributed by atoms with Gasteiger partial charge in [-0.1, -0.05) is 20.8 Å². The van der Waals surface area contributed by atoms with Crippen molar-refractivity contribution in [3.8, 4) is 0 Å². The predicted molar refractivity (Wildman–Crippen MR) is 65.2 cm³/mol. The zero-order chi connectivity index (χ0) is 13.5. The van der Waals surface area contributed by atoms with Crippen molar-refractivity contribution in [1.29, 1.82) is 0 Å². The lowest BCUT2D eigenvalue weighted by Crippen LogP contribution is -2.18. The topological polar surface area (TPSA) is 63.1 Å². The highest BCUT2D eigenvalue weighted by Crippen LogP contribution is 2.28. The Bertz CT molecular complexity index is 633. The van der Waals surface area contributed by atoms with Crippen LogP contribution in [0.3, 0.4) is 0 Å². The lowest BCUT2D eigenvalue weighted by molar-refractivity contribution is 0.0683. The third-order valence-electron chi connectivity index (χ3n) is 2.56. The molecule has 0 saturated heterocycles. The molecule has 0 spiro atoms. The molecule has 0 bridgehead atoms. The van der Waals surface area contributed by atoms with E-state index in [2.05, 4.69) is 9.97 Å². The molecule has 0 radical (unpaired) electrons. The summed E-state index contributed by atoms with van der Waals surface area (Å²) in [5.74, 6) is -1.97. The van der Waals surface area contributed by atoms with Crippen molar-refractivity contribution in [3.05, 3.63) is 35.5 Å². The molecule has 1 heterocycles. The maximum Gasteiger partial charge on any atom is 0.373 e. The maximum atomic E-state index is 13.2. The molecule has 0 fully saturated rings. The molecule has 0 aliphatic rings. The Morgan fingerprint density at radius 1 is 1.28 bits per heavy atom. The first-order chi connectivity index (χ1) is 8.29. The van der Waals surface area contributed by atoms with Gasteiger partial charge in [-0.15, -0.1) is 0 Å². The first-order valence-corrected chi connectivity index (χ1v) is 5.50. The summed E-state index contributed by atoms with van der Waals surface area (Å²) < 4.78 is 13.2.